The van der Waals surface area contributed by atoms with Crippen LogP contribution in [0.4, 0.5) is 0 Å². The van der Waals surface area contributed by atoms with Crippen molar-refractivity contribution < 1.29 is 14.3 Å². The Bertz CT molecular complexity index is 1110. The number of rotatable bonds is 9. The number of aromatic nitrogens is 2. The molecular formula is C23H20ClN3O3S. The van der Waals surface area contributed by atoms with Crippen LogP contribution in [0, 0.1) is 12.3 Å². The zero-order chi connectivity index (χ0) is 22.1. The highest BCUT2D eigenvalue weighted by Crippen LogP contribution is 2.31. The van der Waals surface area contributed by atoms with Crippen molar-refractivity contribution in [2.75, 3.05) is 13.2 Å². The molecule has 31 heavy (non-hydrogen) atoms. The molecule has 8 heteroatoms. The summed E-state index contributed by atoms with van der Waals surface area (Å²) in [6, 6.07) is 15.0. The summed E-state index contributed by atoms with van der Waals surface area (Å²) < 4.78 is 11.1. The highest BCUT2D eigenvalue weighted by atomic mass is 35.5. The Morgan fingerprint density at radius 1 is 1.16 bits per heavy atom. The van der Waals surface area contributed by atoms with Crippen LogP contribution in [-0.2, 0) is 6.54 Å². The summed E-state index contributed by atoms with van der Waals surface area (Å²) in [6.45, 7) is 2.92. The maximum absolute atomic E-state index is 12.3. The number of carbonyl (C=O) groups is 1. The Morgan fingerprint density at radius 3 is 2.68 bits per heavy atom. The number of carbonyl (C=O) groups excluding carboxylic acids is 1. The predicted octanol–water partition coefficient (Wildman–Crippen LogP) is 4.62. The number of halogens is 1. The van der Waals surface area contributed by atoms with Gasteiger partial charge in [0.15, 0.2) is 16.5 Å². The third kappa shape index (κ3) is 6.32. The maximum atomic E-state index is 12.3. The van der Waals surface area contributed by atoms with E-state index in [1.807, 2.05) is 43.3 Å². The summed E-state index contributed by atoms with van der Waals surface area (Å²) in [7, 11) is 0. The zero-order valence-electron chi connectivity index (χ0n) is 16.8. The van der Waals surface area contributed by atoms with E-state index < -0.39 is 0 Å². The van der Waals surface area contributed by atoms with Crippen molar-refractivity contribution in [3.63, 3.8) is 0 Å². The molecule has 3 rings (SSSR count). The fourth-order valence-electron chi connectivity index (χ4n) is 2.59. The van der Waals surface area contributed by atoms with Gasteiger partial charge in [0.2, 0.25) is 5.01 Å². The van der Waals surface area contributed by atoms with Gasteiger partial charge in [0, 0.05) is 6.54 Å². The zero-order valence-corrected chi connectivity index (χ0v) is 18.4. The fraction of sp³-hybridized carbons (Fsp3) is 0.174. The van der Waals surface area contributed by atoms with Crippen LogP contribution in [0.5, 0.6) is 11.5 Å². The van der Waals surface area contributed by atoms with Gasteiger partial charge in [0.25, 0.3) is 5.91 Å². The molecule has 0 unspecified atom stereocenters. The summed E-state index contributed by atoms with van der Waals surface area (Å²) >= 11 is 7.54. The first kappa shape index (κ1) is 22.3. The molecule has 0 spiro atoms. The first-order valence-electron chi connectivity index (χ1n) is 9.47. The van der Waals surface area contributed by atoms with Crippen LogP contribution in [0.25, 0.3) is 11.1 Å². The molecule has 158 valence electrons. The van der Waals surface area contributed by atoms with E-state index >= 15 is 0 Å². The Hall–Kier alpha value is -3.34. The van der Waals surface area contributed by atoms with Gasteiger partial charge in [-0.25, -0.2) is 0 Å². The molecule has 0 aliphatic carbocycles. The van der Waals surface area contributed by atoms with Gasteiger partial charge in [-0.05, 0) is 36.3 Å². The minimum Gasteiger partial charge on any atom is -0.490 e. The number of hydrogen-bond donors (Lipinski definition) is 1. The van der Waals surface area contributed by atoms with Crippen molar-refractivity contribution in [1.29, 1.82) is 0 Å². The molecule has 6 nitrogen and oxygen atoms in total. The van der Waals surface area contributed by atoms with Gasteiger partial charge < -0.3 is 14.8 Å². The van der Waals surface area contributed by atoms with E-state index in [0.717, 1.165) is 22.5 Å². The number of amides is 1. The van der Waals surface area contributed by atoms with E-state index in [-0.39, 0.29) is 17.5 Å². The summed E-state index contributed by atoms with van der Waals surface area (Å²) in [6.07, 6.45) is 6.97. The first-order valence-corrected chi connectivity index (χ1v) is 10.7. The molecule has 1 heterocycles. The molecule has 0 atom stereocenters. The van der Waals surface area contributed by atoms with Gasteiger partial charge in [-0.2, -0.15) is 0 Å². The van der Waals surface area contributed by atoms with Crippen LogP contribution in [0.3, 0.4) is 0 Å². The third-order valence-electron chi connectivity index (χ3n) is 3.99. The Labute approximate surface area is 189 Å². The SMILES string of the molecule is C#CCOc1ccc(/C=C(\Cl)c2nnc(C(=O)NCc3ccccc3)s2)cc1OCC. The molecule has 1 N–H and O–H groups in total. The van der Waals surface area contributed by atoms with Crippen molar-refractivity contribution in [3.05, 3.63) is 69.7 Å². The van der Waals surface area contributed by atoms with Crippen molar-refractivity contribution in [2.45, 2.75) is 13.5 Å². The van der Waals surface area contributed by atoms with Gasteiger partial charge in [0.1, 0.15) is 6.61 Å². The van der Waals surface area contributed by atoms with Crippen molar-refractivity contribution in [1.82, 2.24) is 15.5 Å². The summed E-state index contributed by atoms with van der Waals surface area (Å²) in [5.74, 6) is 3.25. The summed E-state index contributed by atoms with van der Waals surface area (Å²) in [5.41, 5.74) is 1.78. The molecule has 1 aromatic heterocycles. The number of terminal acetylenes is 1. The first-order chi connectivity index (χ1) is 15.1. The number of nitrogens with one attached hydrogen (secondary N) is 1. The van der Waals surface area contributed by atoms with Crippen LogP contribution < -0.4 is 14.8 Å². The third-order valence-corrected chi connectivity index (χ3v) is 5.35. The molecule has 0 aliphatic rings. The molecular weight excluding hydrogens is 434 g/mol. The van der Waals surface area contributed by atoms with E-state index in [2.05, 4.69) is 21.4 Å². The number of benzene rings is 2. The second kappa shape index (κ2) is 11.2. The van der Waals surface area contributed by atoms with Gasteiger partial charge in [-0.3, -0.25) is 4.79 Å². The lowest BCUT2D eigenvalue weighted by Crippen LogP contribution is -2.22. The Morgan fingerprint density at radius 2 is 1.94 bits per heavy atom. The minimum absolute atomic E-state index is 0.149. The fourth-order valence-corrected chi connectivity index (χ4v) is 3.54. The van der Waals surface area contributed by atoms with E-state index in [0.29, 0.717) is 34.7 Å². The standard InChI is InChI=1S/C23H20ClN3O3S/c1-3-12-30-19-11-10-17(14-20(19)29-4-2)13-18(24)22-26-27-23(31-22)21(28)25-15-16-8-6-5-7-9-16/h1,5-11,13-14H,4,12,15H2,2H3,(H,25,28)/b18-13-. The molecule has 0 saturated carbocycles. The lowest BCUT2D eigenvalue weighted by molar-refractivity contribution is 0.0950. The highest BCUT2D eigenvalue weighted by molar-refractivity contribution is 7.15. The van der Waals surface area contributed by atoms with Crippen LogP contribution >= 0.6 is 22.9 Å². The molecule has 1 amide bonds. The number of hydrogen-bond acceptors (Lipinski definition) is 6. The van der Waals surface area contributed by atoms with Gasteiger partial charge >= 0.3 is 0 Å². The number of ether oxygens (including phenoxy) is 2. The topological polar surface area (TPSA) is 73.3 Å². The molecule has 0 saturated heterocycles. The average molecular weight is 454 g/mol. The van der Waals surface area contributed by atoms with Gasteiger partial charge in [0.05, 0.1) is 11.6 Å². The molecule has 2 aromatic carbocycles. The Kier molecular flexibility index (Phi) is 8.05. The smallest absolute Gasteiger partial charge is 0.282 e. The number of nitrogens with zero attached hydrogens (tertiary/aromatic N) is 2. The Balaban J connectivity index is 1.70. The normalized spacial score (nSPS) is 10.9. The minimum atomic E-state index is -0.300. The van der Waals surface area contributed by atoms with E-state index in [1.165, 1.54) is 0 Å². The van der Waals surface area contributed by atoms with Crippen LogP contribution in [-0.4, -0.2) is 29.3 Å². The van der Waals surface area contributed by atoms with Crippen LogP contribution in [0.1, 0.15) is 32.9 Å². The second-order valence-corrected chi connectivity index (χ2v) is 7.59. The summed E-state index contributed by atoms with van der Waals surface area (Å²) in [4.78, 5) is 12.3. The summed E-state index contributed by atoms with van der Waals surface area (Å²) in [5, 5.41) is 11.9. The molecule has 0 radical (unpaired) electrons. The predicted molar refractivity (Wildman–Crippen MR) is 123 cm³/mol. The largest absolute Gasteiger partial charge is 0.490 e. The quantitative estimate of drug-likeness (QED) is 0.479. The molecule has 0 bridgehead atoms. The van der Waals surface area contributed by atoms with Crippen LogP contribution in [0.15, 0.2) is 48.5 Å². The van der Waals surface area contributed by atoms with Gasteiger partial charge in [-0.1, -0.05) is 65.3 Å². The van der Waals surface area contributed by atoms with Crippen LogP contribution in [0.2, 0.25) is 0 Å². The lowest BCUT2D eigenvalue weighted by Gasteiger charge is -2.11. The van der Waals surface area contributed by atoms with Gasteiger partial charge in [-0.15, -0.1) is 16.6 Å². The second-order valence-electron chi connectivity index (χ2n) is 6.20. The average Bonchev–Trinajstić information content (AvgIpc) is 3.28. The maximum Gasteiger partial charge on any atom is 0.282 e. The molecule has 0 fully saturated rings. The van der Waals surface area contributed by atoms with Crippen molar-refractivity contribution in [3.8, 4) is 23.8 Å². The molecule has 0 aliphatic heterocycles. The monoisotopic (exact) mass is 453 g/mol. The molecule has 3 aromatic rings. The van der Waals surface area contributed by atoms with E-state index in [1.54, 1.807) is 18.2 Å². The van der Waals surface area contributed by atoms with E-state index in [9.17, 15) is 4.79 Å². The van der Waals surface area contributed by atoms with Crippen molar-refractivity contribution >= 4 is 40.0 Å². The van der Waals surface area contributed by atoms with E-state index in [4.69, 9.17) is 27.5 Å². The van der Waals surface area contributed by atoms with Crippen molar-refractivity contribution in [2.24, 2.45) is 0 Å². The highest BCUT2D eigenvalue weighted by Gasteiger charge is 2.15. The lowest BCUT2D eigenvalue weighted by atomic mass is 10.2.